The van der Waals surface area contributed by atoms with E-state index >= 15 is 0 Å². The first-order valence-electron chi connectivity index (χ1n) is 5.56. The molecule has 5 nitrogen and oxygen atoms in total. The lowest BCUT2D eigenvalue weighted by atomic mass is 9.90. The highest BCUT2D eigenvalue weighted by atomic mass is 35.5. The molecule has 2 amide bonds. The van der Waals surface area contributed by atoms with E-state index in [1.165, 1.54) is 4.90 Å². The molecule has 6 heteroatoms. The van der Waals surface area contributed by atoms with Crippen LogP contribution in [-0.2, 0) is 9.59 Å². The number of carbonyl (C=O) groups excluding carboxylic acids is 2. The zero-order valence-corrected chi connectivity index (χ0v) is 10.4. The third-order valence-electron chi connectivity index (χ3n) is 3.46. The molecule has 18 heavy (non-hydrogen) atoms. The molecule has 3 rings (SSSR count). The van der Waals surface area contributed by atoms with Crippen molar-refractivity contribution in [2.75, 3.05) is 11.4 Å². The third-order valence-corrected chi connectivity index (χ3v) is 3.71. The molecule has 2 heterocycles. The molecular weight excluding hydrogens is 254 g/mol. The molecule has 1 saturated heterocycles. The van der Waals surface area contributed by atoms with Crippen LogP contribution in [0.4, 0.5) is 5.69 Å². The Balaban J connectivity index is 2.04. The quantitative estimate of drug-likeness (QED) is 0.728. The summed E-state index contributed by atoms with van der Waals surface area (Å²) >= 11 is 5.79. The Bertz CT molecular complexity index is 569. The van der Waals surface area contributed by atoms with Gasteiger partial charge in [-0.1, -0.05) is 11.6 Å². The molecule has 0 spiro atoms. The summed E-state index contributed by atoms with van der Waals surface area (Å²) in [6, 6.07) is 6.60. The van der Waals surface area contributed by atoms with E-state index in [1.807, 2.05) is 0 Å². The molecule has 92 valence electrons. The topological polar surface area (TPSA) is 62.1 Å². The molecule has 1 fully saturated rings. The smallest absolute Gasteiger partial charge is 0.264 e. The predicted molar refractivity (Wildman–Crippen MR) is 65.6 cm³/mol. The SMILES string of the molecule is C[C@@]12N=NC[C@H]1C(=O)N(c1ccc(Cl)cc1)C2=O. The number of amides is 2. The standard InChI is InChI=1S/C12H10ClN3O2/c1-12-9(6-14-15-12)10(17)16(11(12)18)8-4-2-7(13)3-5-8/h2-5,9H,6H2,1H3/t9-,12+/m0/s1. The minimum Gasteiger partial charge on any atom is -0.274 e. The normalized spacial score (nSPS) is 30.1. The van der Waals surface area contributed by atoms with Gasteiger partial charge < -0.3 is 0 Å². The first-order valence-corrected chi connectivity index (χ1v) is 5.94. The van der Waals surface area contributed by atoms with Gasteiger partial charge in [0.25, 0.3) is 5.91 Å². The highest BCUT2D eigenvalue weighted by Gasteiger charge is 2.59. The van der Waals surface area contributed by atoms with Crippen LogP contribution in [0.2, 0.25) is 5.02 Å². The first kappa shape index (κ1) is 11.3. The maximum absolute atomic E-state index is 12.3. The lowest BCUT2D eigenvalue weighted by Gasteiger charge is -2.16. The Hall–Kier alpha value is -1.75. The monoisotopic (exact) mass is 263 g/mol. The lowest BCUT2D eigenvalue weighted by molar-refractivity contribution is -0.122. The number of rotatable bonds is 1. The number of hydrogen-bond donors (Lipinski definition) is 0. The van der Waals surface area contributed by atoms with E-state index in [9.17, 15) is 9.59 Å². The van der Waals surface area contributed by atoms with E-state index in [-0.39, 0.29) is 18.4 Å². The molecule has 2 atom stereocenters. The van der Waals surface area contributed by atoms with Gasteiger partial charge in [0.05, 0.1) is 18.2 Å². The van der Waals surface area contributed by atoms with Gasteiger partial charge in [-0.05, 0) is 31.2 Å². The lowest BCUT2D eigenvalue weighted by Crippen LogP contribution is -2.37. The molecule has 0 radical (unpaired) electrons. The predicted octanol–water partition coefficient (Wildman–Crippen LogP) is 2.05. The van der Waals surface area contributed by atoms with Crippen LogP contribution >= 0.6 is 11.6 Å². The van der Waals surface area contributed by atoms with Gasteiger partial charge >= 0.3 is 0 Å². The summed E-state index contributed by atoms with van der Waals surface area (Å²) < 4.78 is 0. The molecule has 2 aliphatic heterocycles. The third kappa shape index (κ3) is 1.34. The molecule has 0 N–H and O–H groups in total. The molecular formula is C12H10ClN3O2. The van der Waals surface area contributed by atoms with E-state index in [2.05, 4.69) is 10.2 Å². The van der Waals surface area contributed by atoms with Gasteiger partial charge in [-0.25, -0.2) is 4.90 Å². The van der Waals surface area contributed by atoms with Crippen LogP contribution in [0.5, 0.6) is 0 Å². The van der Waals surface area contributed by atoms with E-state index < -0.39 is 11.5 Å². The van der Waals surface area contributed by atoms with Crippen molar-refractivity contribution in [2.45, 2.75) is 12.5 Å². The second kappa shape index (κ2) is 3.62. The fourth-order valence-corrected chi connectivity index (χ4v) is 2.47. The second-order valence-electron chi connectivity index (χ2n) is 4.58. The van der Waals surface area contributed by atoms with Gasteiger partial charge in [-0.15, -0.1) is 0 Å². The number of azo groups is 1. The maximum Gasteiger partial charge on any atom is 0.264 e. The minimum atomic E-state index is -1.03. The van der Waals surface area contributed by atoms with E-state index in [0.717, 1.165) is 0 Å². The van der Waals surface area contributed by atoms with Crippen molar-refractivity contribution < 1.29 is 9.59 Å². The number of hydrogen-bond acceptors (Lipinski definition) is 4. The number of imide groups is 1. The fraction of sp³-hybridized carbons (Fsp3) is 0.333. The number of fused-ring (bicyclic) bond motifs is 1. The van der Waals surface area contributed by atoms with E-state index in [0.29, 0.717) is 10.7 Å². The molecule has 0 bridgehead atoms. The number of carbonyl (C=O) groups is 2. The largest absolute Gasteiger partial charge is 0.274 e. The molecule has 0 unspecified atom stereocenters. The van der Waals surface area contributed by atoms with Gasteiger partial charge in [0, 0.05) is 5.02 Å². The van der Waals surface area contributed by atoms with Gasteiger partial charge in [0.15, 0.2) is 5.54 Å². The van der Waals surface area contributed by atoms with Gasteiger partial charge in [0.1, 0.15) is 0 Å². The van der Waals surface area contributed by atoms with Crippen molar-refractivity contribution in [2.24, 2.45) is 16.1 Å². The van der Waals surface area contributed by atoms with Crippen LogP contribution in [0.15, 0.2) is 34.5 Å². The Morgan fingerprint density at radius 3 is 2.61 bits per heavy atom. The summed E-state index contributed by atoms with van der Waals surface area (Å²) in [7, 11) is 0. The van der Waals surface area contributed by atoms with Crippen LogP contribution in [0.1, 0.15) is 6.92 Å². The van der Waals surface area contributed by atoms with Crippen LogP contribution in [0.25, 0.3) is 0 Å². The second-order valence-corrected chi connectivity index (χ2v) is 5.02. The average molecular weight is 264 g/mol. The van der Waals surface area contributed by atoms with Crippen LogP contribution in [-0.4, -0.2) is 23.9 Å². The van der Waals surface area contributed by atoms with Gasteiger partial charge in [-0.2, -0.15) is 10.2 Å². The minimum absolute atomic E-state index is 0.241. The molecule has 0 saturated carbocycles. The zero-order chi connectivity index (χ0) is 12.9. The Kier molecular flexibility index (Phi) is 2.28. The van der Waals surface area contributed by atoms with Crippen molar-refractivity contribution in [3.05, 3.63) is 29.3 Å². The summed E-state index contributed by atoms with van der Waals surface area (Å²) in [5, 5.41) is 8.32. The van der Waals surface area contributed by atoms with E-state index in [4.69, 9.17) is 11.6 Å². The molecule has 0 aromatic heterocycles. The zero-order valence-electron chi connectivity index (χ0n) is 9.63. The fourth-order valence-electron chi connectivity index (χ4n) is 2.34. The average Bonchev–Trinajstić information content (AvgIpc) is 2.81. The van der Waals surface area contributed by atoms with Gasteiger partial charge in [-0.3, -0.25) is 9.59 Å². The highest BCUT2D eigenvalue weighted by molar-refractivity contribution is 6.31. The Labute approximate surface area is 108 Å². The Morgan fingerprint density at radius 1 is 1.33 bits per heavy atom. The summed E-state index contributed by atoms with van der Waals surface area (Å²) in [5.41, 5.74) is -0.503. The van der Waals surface area contributed by atoms with Crippen molar-refractivity contribution in [1.82, 2.24) is 0 Å². The highest BCUT2D eigenvalue weighted by Crippen LogP contribution is 2.40. The number of halogens is 1. The molecule has 0 aliphatic carbocycles. The summed E-state index contributed by atoms with van der Waals surface area (Å²) in [6.07, 6.45) is 0. The van der Waals surface area contributed by atoms with Crippen molar-refractivity contribution in [3.63, 3.8) is 0 Å². The molecule has 1 aromatic carbocycles. The Morgan fingerprint density at radius 2 is 2.00 bits per heavy atom. The maximum atomic E-state index is 12.3. The summed E-state index contributed by atoms with van der Waals surface area (Å²) in [4.78, 5) is 25.7. The summed E-state index contributed by atoms with van der Waals surface area (Å²) in [5.74, 6) is -1.03. The van der Waals surface area contributed by atoms with Crippen LogP contribution in [0.3, 0.4) is 0 Å². The van der Waals surface area contributed by atoms with Crippen LogP contribution < -0.4 is 4.90 Å². The molecule has 2 aliphatic rings. The van der Waals surface area contributed by atoms with Crippen LogP contribution in [0, 0.1) is 5.92 Å². The van der Waals surface area contributed by atoms with Gasteiger partial charge in [0.2, 0.25) is 5.91 Å². The first-order chi connectivity index (χ1) is 8.54. The van der Waals surface area contributed by atoms with Crippen molar-refractivity contribution in [1.29, 1.82) is 0 Å². The summed E-state index contributed by atoms with van der Waals surface area (Å²) in [6.45, 7) is 1.94. The molecule has 1 aromatic rings. The van der Waals surface area contributed by atoms with Crippen molar-refractivity contribution >= 4 is 29.1 Å². The van der Waals surface area contributed by atoms with Crippen molar-refractivity contribution in [3.8, 4) is 0 Å². The number of benzene rings is 1. The number of anilines is 1. The number of nitrogens with zero attached hydrogens (tertiary/aromatic N) is 3. The van der Waals surface area contributed by atoms with E-state index in [1.54, 1.807) is 31.2 Å².